The van der Waals surface area contributed by atoms with Gasteiger partial charge in [0.2, 0.25) is 0 Å². The average Bonchev–Trinajstić information content (AvgIpc) is 0.965. The number of aliphatic hydroxyl groups excluding tert-OH is 1. The van der Waals surface area contributed by atoms with Crippen molar-refractivity contribution in [2.75, 3.05) is 39.6 Å². The first-order valence-corrected chi connectivity index (χ1v) is 42.8. The largest absolute Gasteiger partial charge is 0.472 e. The van der Waals surface area contributed by atoms with Gasteiger partial charge in [-0.3, -0.25) is 37.3 Å². The molecule has 0 aromatic rings. The van der Waals surface area contributed by atoms with E-state index in [9.17, 15) is 43.2 Å². The number of carbonyl (C=O) groups excluding carboxylic acids is 4. The van der Waals surface area contributed by atoms with Crippen molar-refractivity contribution in [3.8, 4) is 0 Å². The standard InChI is InChI=1S/C81H144O17P2/c1-5-9-13-17-21-25-29-33-36-37-40-43-46-50-54-58-62-66-79(84)92-71-76(97-80(85)67-63-59-55-51-47-41-32-28-24-20-16-12-8-4)73-95-99(87,88)93-69-75(82)70-94-100(89,90)96-74-77(98-81(86)68-64-60-56-52-48-44-39-35-31-27-23-19-15-11-7-3)72-91-78(83)65-61-57-53-49-45-42-38-34-30-26-22-18-14-10-6-2/h21,25-28,30-33,36,40,43,50,54,75-77,82H,5-20,22-24,29,34-35,37-39,41-42,44-49,51-53,55-74H2,1-4H3,(H,87,88)(H,89,90)/b25-21-,30-26-,31-27-,32-28-,36-33-,43-40-,54-50-/t75-,76-,77-/m1/s1. The molecule has 580 valence electrons. The molecular formula is C81H144O17P2. The molecule has 19 heteroatoms. The van der Waals surface area contributed by atoms with Gasteiger partial charge in [0.05, 0.1) is 26.4 Å². The molecule has 0 fully saturated rings. The van der Waals surface area contributed by atoms with Gasteiger partial charge in [0.1, 0.15) is 19.3 Å². The minimum absolute atomic E-state index is 0.0745. The van der Waals surface area contributed by atoms with Crippen LogP contribution >= 0.6 is 15.6 Å². The summed E-state index contributed by atoms with van der Waals surface area (Å²) >= 11 is 0. The Labute approximate surface area is 608 Å². The van der Waals surface area contributed by atoms with E-state index < -0.39 is 97.5 Å². The zero-order valence-corrected chi connectivity index (χ0v) is 65.2. The molecule has 0 amide bonds. The number of hydrogen-bond acceptors (Lipinski definition) is 15. The Kier molecular flexibility index (Phi) is 70.8. The molecule has 0 heterocycles. The molecular weight excluding hydrogens is 1310 g/mol. The number of rotatable bonds is 75. The van der Waals surface area contributed by atoms with Gasteiger partial charge in [-0.05, 0) is 141 Å². The molecule has 0 saturated heterocycles. The Morgan fingerprint density at radius 3 is 0.820 bits per heavy atom. The number of aliphatic hydroxyl groups is 1. The first kappa shape index (κ1) is 96.2. The second-order valence-corrected chi connectivity index (χ2v) is 29.5. The Morgan fingerprint density at radius 2 is 0.500 bits per heavy atom. The van der Waals surface area contributed by atoms with E-state index in [-0.39, 0.29) is 25.7 Å². The van der Waals surface area contributed by atoms with Crippen molar-refractivity contribution in [3.05, 3.63) is 85.1 Å². The molecule has 17 nitrogen and oxygen atoms in total. The SMILES string of the molecule is CCCCC/C=C\C/C=C\C/C=C\C/C=C\CCCC(=O)OC[C@H](COP(=O)(O)OC[C@@H](O)COP(=O)(O)OC[C@@H](COC(=O)CCCCCCCCC/C=C\CCCCCC)OC(=O)CCCCCCCCC/C=C\CCCCCC)OC(=O)CCCCCCC/C=C\CCCCCC. The van der Waals surface area contributed by atoms with E-state index in [1.165, 1.54) is 109 Å². The molecule has 0 rings (SSSR count). The third-order valence-corrected chi connectivity index (χ3v) is 18.7. The minimum atomic E-state index is -4.99. The molecule has 0 saturated carbocycles. The summed E-state index contributed by atoms with van der Waals surface area (Å²) in [5.74, 6) is -2.24. The van der Waals surface area contributed by atoms with Crippen molar-refractivity contribution in [2.45, 2.75) is 367 Å². The summed E-state index contributed by atoms with van der Waals surface area (Å²) in [5.41, 5.74) is 0. The quantitative estimate of drug-likeness (QED) is 0.0169. The molecule has 3 N–H and O–H groups in total. The van der Waals surface area contributed by atoms with Crippen LogP contribution in [0.5, 0.6) is 0 Å². The summed E-state index contributed by atoms with van der Waals surface area (Å²) in [6.45, 7) is 4.77. The molecule has 2 unspecified atom stereocenters. The van der Waals surface area contributed by atoms with Gasteiger partial charge in [0, 0.05) is 25.7 Å². The molecule has 0 aliphatic carbocycles. The molecule has 0 spiro atoms. The lowest BCUT2D eigenvalue weighted by Crippen LogP contribution is -2.30. The summed E-state index contributed by atoms with van der Waals surface area (Å²) < 4.78 is 68.5. The maximum atomic E-state index is 13.1. The van der Waals surface area contributed by atoms with E-state index in [1.807, 2.05) is 12.2 Å². The lowest BCUT2D eigenvalue weighted by Gasteiger charge is -2.21. The van der Waals surface area contributed by atoms with Crippen LogP contribution < -0.4 is 0 Å². The Hall–Kier alpha value is -3.76. The minimum Gasteiger partial charge on any atom is -0.462 e. The van der Waals surface area contributed by atoms with Crippen molar-refractivity contribution in [1.82, 2.24) is 0 Å². The number of unbranched alkanes of at least 4 members (excludes halogenated alkanes) is 35. The van der Waals surface area contributed by atoms with E-state index >= 15 is 0 Å². The molecule has 0 radical (unpaired) electrons. The van der Waals surface area contributed by atoms with Crippen LogP contribution in [0.15, 0.2) is 85.1 Å². The highest BCUT2D eigenvalue weighted by Gasteiger charge is 2.30. The predicted molar refractivity (Wildman–Crippen MR) is 409 cm³/mol. The molecule has 0 aliphatic rings. The number of carbonyl (C=O) groups is 4. The average molecular weight is 1450 g/mol. The highest BCUT2D eigenvalue weighted by Crippen LogP contribution is 2.45. The van der Waals surface area contributed by atoms with Gasteiger partial charge in [0.25, 0.3) is 0 Å². The van der Waals surface area contributed by atoms with Gasteiger partial charge in [-0.25, -0.2) is 9.13 Å². The Bertz CT molecular complexity index is 2230. The molecule has 0 bridgehead atoms. The highest BCUT2D eigenvalue weighted by molar-refractivity contribution is 7.47. The first-order valence-electron chi connectivity index (χ1n) is 39.8. The van der Waals surface area contributed by atoms with Gasteiger partial charge in [-0.1, -0.05) is 267 Å². The van der Waals surface area contributed by atoms with Crippen LogP contribution in [-0.4, -0.2) is 96.7 Å². The van der Waals surface area contributed by atoms with Crippen LogP contribution in [0.3, 0.4) is 0 Å². The third kappa shape index (κ3) is 72.6. The van der Waals surface area contributed by atoms with E-state index in [0.29, 0.717) is 32.1 Å². The number of phosphoric ester groups is 2. The number of phosphoric acid groups is 2. The first-order chi connectivity index (χ1) is 48.7. The highest BCUT2D eigenvalue weighted by atomic mass is 31.2. The molecule has 100 heavy (non-hydrogen) atoms. The van der Waals surface area contributed by atoms with Gasteiger partial charge in [0.15, 0.2) is 12.2 Å². The second kappa shape index (κ2) is 73.5. The number of allylic oxidation sites excluding steroid dienone is 14. The van der Waals surface area contributed by atoms with Gasteiger partial charge < -0.3 is 33.8 Å². The topological polar surface area (TPSA) is 237 Å². The fourth-order valence-corrected chi connectivity index (χ4v) is 12.2. The van der Waals surface area contributed by atoms with E-state index in [0.717, 1.165) is 154 Å². The van der Waals surface area contributed by atoms with Crippen molar-refractivity contribution < 1.29 is 80.2 Å². The van der Waals surface area contributed by atoms with E-state index in [1.54, 1.807) is 0 Å². The van der Waals surface area contributed by atoms with Crippen LogP contribution in [-0.2, 0) is 65.4 Å². The number of ether oxygens (including phenoxy) is 4. The lowest BCUT2D eigenvalue weighted by molar-refractivity contribution is -0.161. The van der Waals surface area contributed by atoms with Crippen molar-refractivity contribution in [1.29, 1.82) is 0 Å². The summed E-state index contributed by atoms with van der Waals surface area (Å²) in [6, 6.07) is 0. The van der Waals surface area contributed by atoms with E-state index in [4.69, 9.17) is 37.0 Å². The second-order valence-electron chi connectivity index (χ2n) is 26.6. The fraction of sp³-hybridized carbons (Fsp3) is 0.778. The predicted octanol–water partition coefficient (Wildman–Crippen LogP) is 23.0. The number of esters is 4. The van der Waals surface area contributed by atoms with Crippen molar-refractivity contribution >= 4 is 39.5 Å². The normalized spacial score (nSPS) is 14.3. The number of hydrogen-bond donors (Lipinski definition) is 3. The van der Waals surface area contributed by atoms with E-state index in [2.05, 4.69) is 101 Å². The lowest BCUT2D eigenvalue weighted by atomic mass is 10.1. The summed E-state index contributed by atoms with van der Waals surface area (Å²) in [6.07, 6.45) is 75.6. The molecule has 5 atom stereocenters. The maximum absolute atomic E-state index is 13.1. The summed E-state index contributed by atoms with van der Waals surface area (Å²) in [7, 11) is -9.96. The molecule has 0 aromatic heterocycles. The zero-order chi connectivity index (χ0) is 73.2. The van der Waals surface area contributed by atoms with Crippen LogP contribution in [0.1, 0.15) is 349 Å². The smallest absolute Gasteiger partial charge is 0.462 e. The maximum Gasteiger partial charge on any atom is 0.472 e. The summed E-state index contributed by atoms with van der Waals surface area (Å²) in [4.78, 5) is 72.9. The van der Waals surface area contributed by atoms with Crippen LogP contribution in [0.25, 0.3) is 0 Å². The summed E-state index contributed by atoms with van der Waals surface area (Å²) in [5, 5.41) is 10.6. The van der Waals surface area contributed by atoms with Crippen LogP contribution in [0.2, 0.25) is 0 Å². The van der Waals surface area contributed by atoms with Crippen LogP contribution in [0.4, 0.5) is 0 Å². The Morgan fingerprint density at radius 1 is 0.280 bits per heavy atom. The van der Waals surface area contributed by atoms with Crippen molar-refractivity contribution in [2.24, 2.45) is 0 Å². The monoisotopic (exact) mass is 1450 g/mol. The van der Waals surface area contributed by atoms with Crippen LogP contribution in [0, 0.1) is 0 Å². The van der Waals surface area contributed by atoms with Gasteiger partial charge in [-0.15, -0.1) is 0 Å². The molecule has 0 aromatic carbocycles. The fourth-order valence-electron chi connectivity index (χ4n) is 10.7. The zero-order valence-electron chi connectivity index (χ0n) is 63.4. The van der Waals surface area contributed by atoms with Gasteiger partial charge >= 0.3 is 39.5 Å². The Balaban J connectivity index is 5.38. The van der Waals surface area contributed by atoms with Crippen molar-refractivity contribution in [3.63, 3.8) is 0 Å². The third-order valence-electron chi connectivity index (χ3n) is 16.8. The molecule has 0 aliphatic heterocycles. The van der Waals surface area contributed by atoms with Gasteiger partial charge in [-0.2, -0.15) is 0 Å².